The fourth-order valence-corrected chi connectivity index (χ4v) is 7.36. The second-order valence-electron chi connectivity index (χ2n) is 16.2. The molecule has 3 unspecified atom stereocenters. The van der Waals surface area contributed by atoms with Crippen LogP contribution in [0.15, 0.2) is 48.6 Å². The number of rotatable bonds is 45. The number of aliphatic carboxylic acids is 1. The number of carbonyl (C=O) groups excluding carboxylic acids is 2. The lowest BCUT2D eigenvalue weighted by atomic mass is 10.0. The summed E-state index contributed by atoms with van der Waals surface area (Å²) < 4.78 is 32.7. The van der Waals surface area contributed by atoms with Gasteiger partial charge in [0.15, 0.2) is 6.10 Å². The van der Waals surface area contributed by atoms with Gasteiger partial charge in [-0.1, -0.05) is 197 Å². The molecule has 0 saturated carbocycles. The van der Waals surface area contributed by atoms with Crippen LogP contribution >= 0.6 is 7.82 Å². The molecule has 0 heterocycles. The van der Waals surface area contributed by atoms with Gasteiger partial charge in [-0.05, 0) is 51.4 Å². The van der Waals surface area contributed by atoms with Gasteiger partial charge >= 0.3 is 25.7 Å². The lowest BCUT2D eigenvalue weighted by molar-refractivity contribution is -0.161. The van der Waals surface area contributed by atoms with Crippen molar-refractivity contribution in [2.45, 2.75) is 225 Å². The number of phosphoric acid groups is 1. The normalized spacial score (nSPS) is 14.0. The third-order valence-corrected chi connectivity index (χ3v) is 11.3. The van der Waals surface area contributed by atoms with E-state index in [0.717, 1.165) is 57.8 Å². The Hall–Kier alpha value is -2.56. The van der Waals surface area contributed by atoms with Crippen LogP contribution in [-0.4, -0.2) is 59.9 Å². The average Bonchev–Trinajstić information content (AvgIpc) is 3.24. The van der Waals surface area contributed by atoms with Crippen LogP contribution < -0.4 is 5.73 Å². The second kappa shape index (κ2) is 44.1. The summed E-state index contributed by atoms with van der Waals surface area (Å²) in [5, 5.41) is 8.90. The Labute approximate surface area is 371 Å². The van der Waals surface area contributed by atoms with E-state index >= 15 is 0 Å². The molecule has 0 spiro atoms. The van der Waals surface area contributed by atoms with Crippen molar-refractivity contribution in [3.05, 3.63) is 48.6 Å². The smallest absolute Gasteiger partial charge is 0.472 e. The van der Waals surface area contributed by atoms with Crippen molar-refractivity contribution in [2.75, 3.05) is 19.8 Å². The first-order valence-corrected chi connectivity index (χ1v) is 25.7. The Morgan fingerprint density at radius 2 is 0.918 bits per heavy atom. The van der Waals surface area contributed by atoms with Gasteiger partial charge in [-0.2, -0.15) is 0 Å². The maximum Gasteiger partial charge on any atom is 0.472 e. The minimum Gasteiger partial charge on any atom is -0.480 e. The molecule has 11 nitrogen and oxygen atoms in total. The molecule has 3 atom stereocenters. The summed E-state index contributed by atoms with van der Waals surface area (Å²) >= 11 is 0. The predicted octanol–water partition coefficient (Wildman–Crippen LogP) is 13.3. The molecule has 0 rings (SSSR count). The minimum absolute atomic E-state index is 0.109. The molecule has 0 aliphatic rings. The van der Waals surface area contributed by atoms with Gasteiger partial charge in [0.2, 0.25) is 0 Å². The molecule has 4 N–H and O–H groups in total. The highest BCUT2D eigenvalue weighted by Gasteiger charge is 2.28. The molecular formula is C49H88NO10P. The summed E-state index contributed by atoms with van der Waals surface area (Å²) in [6.07, 6.45) is 50.5. The molecule has 0 radical (unpaired) electrons. The van der Waals surface area contributed by atoms with Gasteiger partial charge in [0.1, 0.15) is 12.6 Å². The van der Waals surface area contributed by atoms with Crippen molar-refractivity contribution >= 4 is 25.7 Å². The first-order valence-electron chi connectivity index (χ1n) is 24.2. The van der Waals surface area contributed by atoms with Crippen LogP contribution in [0.4, 0.5) is 0 Å². The number of phosphoric ester groups is 1. The monoisotopic (exact) mass is 882 g/mol. The SMILES string of the molecule is CC/C=C\C/C=C\C/C=C\C/C=C\CCCCC(=O)OC(COC(=O)CCCCCCCCCCCCCCCCCCCCCCCC)COP(=O)(O)OCC(N)C(=O)O. The number of carboxylic acids is 1. The van der Waals surface area contributed by atoms with E-state index in [1.807, 2.05) is 0 Å². The molecule has 61 heavy (non-hydrogen) atoms. The molecule has 0 aromatic carbocycles. The Kier molecular flexibility index (Phi) is 42.2. The second-order valence-corrected chi connectivity index (χ2v) is 17.7. The predicted molar refractivity (Wildman–Crippen MR) is 249 cm³/mol. The van der Waals surface area contributed by atoms with Crippen molar-refractivity contribution in [1.29, 1.82) is 0 Å². The Bertz CT molecular complexity index is 1220. The summed E-state index contributed by atoms with van der Waals surface area (Å²) in [6.45, 7) is 2.67. The van der Waals surface area contributed by atoms with Crippen molar-refractivity contribution in [3.63, 3.8) is 0 Å². The molecule has 354 valence electrons. The van der Waals surface area contributed by atoms with Gasteiger partial charge in [0.05, 0.1) is 13.2 Å². The standard InChI is InChI=1S/C49H88NO10P/c1-3-5-7-9-11-13-15-17-19-20-21-22-23-24-25-27-28-30-32-34-36-38-40-47(51)57-42-45(43-58-61(55,56)59-44-46(50)49(53)54)60-48(52)41-39-37-35-33-31-29-26-18-16-14-12-10-8-6-4-2/h6,8,12,14,18,26,31,33,45-46H,3-5,7,9-11,13,15-17,19-25,27-30,32,34-44,50H2,1-2H3,(H,53,54)(H,55,56)/b8-6-,14-12-,26-18-,33-31-. The lowest BCUT2D eigenvalue weighted by Crippen LogP contribution is -2.34. The molecule has 12 heteroatoms. The topological polar surface area (TPSA) is 172 Å². The zero-order chi connectivity index (χ0) is 44.9. The van der Waals surface area contributed by atoms with Crippen molar-refractivity contribution in [3.8, 4) is 0 Å². The number of hydrogen-bond donors (Lipinski definition) is 3. The third kappa shape index (κ3) is 43.9. The molecule has 0 bridgehead atoms. The van der Waals surface area contributed by atoms with E-state index in [4.69, 9.17) is 24.8 Å². The van der Waals surface area contributed by atoms with E-state index in [1.165, 1.54) is 116 Å². The fourth-order valence-electron chi connectivity index (χ4n) is 6.59. The molecule has 0 amide bonds. The van der Waals surface area contributed by atoms with E-state index in [-0.39, 0.29) is 19.4 Å². The van der Waals surface area contributed by atoms with E-state index < -0.39 is 51.1 Å². The largest absolute Gasteiger partial charge is 0.480 e. The minimum atomic E-state index is -4.73. The third-order valence-electron chi connectivity index (χ3n) is 10.3. The van der Waals surface area contributed by atoms with Crippen LogP contribution in [-0.2, 0) is 37.5 Å². The Morgan fingerprint density at radius 3 is 1.38 bits per heavy atom. The number of esters is 2. The molecule has 0 aliphatic carbocycles. The van der Waals surface area contributed by atoms with Crippen LogP contribution in [0, 0.1) is 0 Å². The zero-order valence-corrected chi connectivity index (χ0v) is 39.4. The zero-order valence-electron chi connectivity index (χ0n) is 38.5. The summed E-state index contributed by atoms with van der Waals surface area (Å²) in [6, 6.07) is -1.53. The number of carboxylic acid groups (broad SMARTS) is 1. The Balaban J connectivity index is 4.26. The van der Waals surface area contributed by atoms with Gasteiger partial charge in [-0.15, -0.1) is 0 Å². The van der Waals surface area contributed by atoms with E-state index in [9.17, 15) is 23.8 Å². The van der Waals surface area contributed by atoms with E-state index in [0.29, 0.717) is 12.8 Å². The van der Waals surface area contributed by atoms with Crippen molar-refractivity contribution in [2.24, 2.45) is 5.73 Å². The van der Waals surface area contributed by atoms with Crippen molar-refractivity contribution in [1.82, 2.24) is 0 Å². The highest BCUT2D eigenvalue weighted by Crippen LogP contribution is 2.43. The average molecular weight is 882 g/mol. The summed E-state index contributed by atoms with van der Waals surface area (Å²) in [5.74, 6) is -2.43. The number of ether oxygens (including phenoxy) is 2. The summed E-state index contributed by atoms with van der Waals surface area (Å²) in [4.78, 5) is 46.0. The molecule has 0 saturated heterocycles. The number of allylic oxidation sites excluding steroid dienone is 8. The molecule has 0 aliphatic heterocycles. The first-order chi connectivity index (χ1) is 29.6. The molecule has 0 aromatic rings. The van der Waals surface area contributed by atoms with Gasteiger partial charge < -0.3 is 25.2 Å². The summed E-state index contributed by atoms with van der Waals surface area (Å²) in [5.41, 5.74) is 5.34. The quantitative estimate of drug-likeness (QED) is 0.0230. The van der Waals surface area contributed by atoms with Gasteiger partial charge in [-0.25, -0.2) is 4.57 Å². The van der Waals surface area contributed by atoms with Gasteiger partial charge in [-0.3, -0.25) is 23.4 Å². The van der Waals surface area contributed by atoms with E-state index in [1.54, 1.807) is 0 Å². The number of carbonyl (C=O) groups is 3. The highest BCUT2D eigenvalue weighted by molar-refractivity contribution is 7.47. The number of nitrogens with two attached hydrogens (primary N) is 1. The van der Waals surface area contributed by atoms with Crippen LogP contribution in [0.2, 0.25) is 0 Å². The highest BCUT2D eigenvalue weighted by atomic mass is 31.2. The van der Waals surface area contributed by atoms with Crippen molar-refractivity contribution < 1.29 is 47.5 Å². The first kappa shape index (κ1) is 58.4. The molecule has 0 aromatic heterocycles. The van der Waals surface area contributed by atoms with Crippen LogP contribution in [0.25, 0.3) is 0 Å². The lowest BCUT2D eigenvalue weighted by Gasteiger charge is -2.20. The van der Waals surface area contributed by atoms with Gasteiger partial charge in [0.25, 0.3) is 0 Å². The number of hydrogen-bond acceptors (Lipinski definition) is 9. The summed E-state index contributed by atoms with van der Waals surface area (Å²) in [7, 11) is -4.73. The van der Waals surface area contributed by atoms with Gasteiger partial charge in [0, 0.05) is 12.8 Å². The maximum absolute atomic E-state index is 12.6. The Morgan fingerprint density at radius 1 is 0.525 bits per heavy atom. The van der Waals surface area contributed by atoms with Crippen LogP contribution in [0.5, 0.6) is 0 Å². The fraction of sp³-hybridized carbons (Fsp3) is 0.776. The van der Waals surface area contributed by atoms with Crippen LogP contribution in [0.1, 0.15) is 213 Å². The number of unbranched alkanes of at least 4 members (excludes halogenated alkanes) is 23. The maximum atomic E-state index is 12.6. The van der Waals surface area contributed by atoms with Crippen LogP contribution in [0.3, 0.4) is 0 Å². The molecular weight excluding hydrogens is 794 g/mol. The van der Waals surface area contributed by atoms with E-state index in [2.05, 4.69) is 67.0 Å². The molecule has 0 fully saturated rings.